The van der Waals surface area contributed by atoms with Crippen molar-refractivity contribution in [1.29, 1.82) is 0 Å². The molecule has 3 aliphatic carbocycles. The number of rotatable bonds is 7. The number of benzene rings is 2. The summed E-state index contributed by atoms with van der Waals surface area (Å²) in [6.07, 6.45) is -1.49. The van der Waals surface area contributed by atoms with Crippen LogP contribution in [0.1, 0.15) is 88.1 Å². The lowest BCUT2D eigenvalue weighted by Crippen LogP contribution is -2.57. The SMILES string of the molecule is COc1cccc2c1C(=O)c1c(O)c3c(c(O)c1C2=O)C[C@@](O)(C(=O)CO)C[C@@H]3OC1CC(NC2CCC2)C(O)C(C)O1. The second-order valence-corrected chi connectivity index (χ2v) is 11.9. The summed E-state index contributed by atoms with van der Waals surface area (Å²) in [4.78, 5) is 40.2. The molecule has 0 amide bonds. The van der Waals surface area contributed by atoms with Gasteiger partial charge in [0, 0.05) is 48.0 Å². The molecule has 1 heterocycles. The Morgan fingerprint density at radius 3 is 2.49 bits per heavy atom. The molecule has 43 heavy (non-hydrogen) atoms. The molecular weight excluding hydrogens is 562 g/mol. The van der Waals surface area contributed by atoms with Crippen molar-refractivity contribution < 1.29 is 54.1 Å². The number of Topliss-reactive ketones (excluding diaryl/α,β-unsaturated/α-hetero) is 1. The molecule has 1 aliphatic heterocycles. The minimum Gasteiger partial charge on any atom is -0.507 e. The lowest BCUT2D eigenvalue weighted by atomic mass is 9.72. The molecule has 6 N–H and O–H groups in total. The number of carbonyl (C=O) groups excluding carboxylic acids is 3. The molecule has 2 fully saturated rings. The van der Waals surface area contributed by atoms with Gasteiger partial charge in [0.05, 0.1) is 42.1 Å². The Kier molecular flexibility index (Phi) is 7.56. The Morgan fingerprint density at radius 1 is 1.12 bits per heavy atom. The Balaban J connectivity index is 1.44. The Hall–Kier alpha value is -3.39. The predicted molar refractivity (Wildman–Crippen MR) is 148 cm³/mol. The molecule has 0 aromatic heterocycles. The van der Waals surface area contributed by atoms with Crippen LogP contribution in [0.15, 0.2) is 18.2 Å². The van der Waals surface area contributed by atoms with Crippen LogP contribution in [0.4, 0.5) is 0 Å². The van der Waals surface area contributed by atoms with Gasteiger partial charge in [-0.25, -0.2) is 0 Å². The molecule has 4 aliphatic rings. The van der Waals surface area contributed by atoms with Crippen molar-refractivity contribution in [1.82, 2.24) is 5.32 Å². The second kappa shape index (κ2) is 11.0. The van der Waals surface area contributed by atoms with Gasteiger partial charge in [0.1, 0.15) is 29.5 Å². The molecular formula is C31H35NO11. The first-order valence-electron chi connectivity index (χ1n) is 14.5. The van der Waals surface area contributed by atoms with Crippen molar-refractivity contribution in [3.8, 4) is 17.2 Å². The van der Waals surface area contributed by atoms with E-state index in [1.54, 1.807) is 6.92 Å². The quantitative estimate of drug-likeness (QED) is 0.214. The van der Waals surface area contributed by atoms with E-state index in [0.29, 0.717) is 0 Å². The molecule has 1 saturated carbocycles. The van der Waals surface area contributed by atoms with E-state index in [1.165, 1.54) is 25.3 Å². The molecule has 6 rings (SSSR count). The molecule has 12 nitrogen and oxygen atoms in total. The summed E-state index contributed by atoms with van der Waals surface area (Å²) in [5, 5.41) is 58.3. The number of fused-ring (bicyclic) bond motifs is 3. The largest absolute Gasteiger partial charge is 0.507 e. The van der Waals surface area contributed by atoms with Crippen molar-refractivity contribution in [3.05, 3.63) is 51.6 Å². The third-order valence-electron chi connectivity index (χ3n) is 9.32. The Bertz CT molecular complexity index is 1500. The van der Waals surface area contributed by atoms with Crippen LogP contribution in [0.25, 0.3) is 0 Å². The number of methoxy groups -OCH3 is 1. The number of hydrogen-bond acceptors (Lipinski definition) is 12. The average molecular weight is 598 g/mol. The summed E-state index contributed by atoms with van der Waals surface area (Å²) in [6.45, 7) is 0.683. The maximum Gasteiger partial charge on any atom is 0.202 e. The van der Waals surface area contributed by atoms with E-state index in [-0.39, 0.29) is 46.5 Å². The van der Waals surface area contributed by atoms with E-state index in [1.807, 2.05) is 0 Å². The maximum atomic E-state index is 13.8. The van der Waals surface area contributed by atoms with Crippen molar-refractivity contribution in [2.24, 2.45) is 0 Å². The molecule has 2 aromatic rings. The zero-order valence-corrected chi connectivity index (χ0v) is 23.8. The van der Waals surface area contributed by atoms with Gasteiger partial charge in [-0.3, -0.25) is 14.4 Å². The first-order chi connectivity index (χ1) is 20.5. The summed E-state index contributed by atoms with van der Waals surface area (Å²) in [6, 6.07) is 4.29. The molecule has 0 spiro atoms. The van der Waals surface area contributed by atoms with Crippen molar-refractivity contribution >= 4 is 17.3 Å². The van der Waals surface area contributed by atoms with Crippen molar-refractivity contribution in [2.75, 3.05) is 13.7 Å². The zero-order valence-electron chi connectivity index (χ0n) is 23.8. The number of phenols is 2. The van der Waals surface area contributed by atoms with Crippen LogP contribution in [-0.4, -0.2) is 92.8 Å². The van der Waals surface area contributed by atoms with Gasteiger partial charge in [0.15, 0.2) is 17.9 Å². The van der Waals surface area contributed by atoms with Gasteiger partial charge in [0.2, 0.25) is 5.78 Å². The smallest absolute Gasteiger partial charge is 0.202 e. The molecule has 6 atom stereocenters. The number of ether oxygens (including phenoxy) is 3. The number of aromatic hydroxyl groups is 2. The van der Waals surface area contributed by atoms with Crippen molar-refractivity contribution in [3.63, 3.8) is 0 Å². The molecule has 4 unspecified atom stereocenters. The third-order valence-corrected chi connectivity index (χ3v) is 9.32. The fraction of sp³-hybridized carbons (Fsp3) is 0.516. The number of aliphatic hydroxyl groups is 3. The monoisotopic (exact) mass is 597 g/mol. The highest BCUT2D eigenvalue weighted by molar-refractivity contribution is 6.31. The van der Waals surface area contributed by atoms with Gasteiger partial charge >= 0.3 is 0 Å². The van der Waals surface area contributed by atoms with Crippen LogP contribution in [0, 0.1) is 0 Å². The van der Waals surface area contributed by atoms with Gasteiger partial charge in [-0.05, 0) is 25.8 Å². The summed E-state index contributed by atoms with van der Waals surface area (Å²) < 4.78 is 17.5. The highest BCUT2D eigenvalue weighted by Crippen LogP contribution is 2.52. The molecule has 12 heteroatoms. The van der Waals surface area contributed by atoms with Gasteiger partial charge in [-0.1, -0.05) is 18.6 Å². The number of carbonyl (C=O) groups is 3. The standard InChI is InChI=1S/C31H35NO11/c1-13-26(35)17(32-14-5-3-6-14)9-21(42-13)43-19-11-31(40,20(34)12-33)10-16-23(19)30(39)25-24(28(16)37)27(36)15-7-4-8-18(41-2)22(15)29(25)38/h4,7-8,13-14,17,19,21,26,32-33,35,37,39-40H,3,5-6,9-12H2,1-2H3/t13?,17?,19-,21?,26?,31-/m0/s1. The normalized spacial score (nSPS) is 30.2. The summed E-state index contributed by atoms with van der Waals surface area (Å²) in [5.41, 5.74) is -3.46. The topological polar surface area (TPSA) is 192 Å². The van der Waals surface area contributed by atoms with E-state index in [4.69, 9.17) is 14.2 Å². The summed E-state index contributed by atoms with van der Waals surface area (Å²) in [5.74, 6) is -3.64. The van der Waals surface area contributed by atoms with Gasteiger partial charge < -0.3 is 45.1 Å². The van der Waals surface area contributed by atoms with Gasteiger partial charge in [-0.15, -0.1) is 0 Å². The lowest BCUT2D eigenvalue weighted by Gasteiger charge is -2.44. The molecule has 1 saturated heterocycles. The van der Waals surface area contributed by atoms with Crippen molar-refractivity contribution in [2.45, 2.75) is 87.7 Å². The lowest BCUT2D eigenvalue weighted by molar-refractivity contribution is -0.250. The molecule has 230 valence electrons. The Labute approximate surface area is 247 Å². The summed E-state index contributed by atoms with van der Waals surface area (Å²) >= 11 is 0. The zero-order chi connectivity index (χ0) is 30.8. The molecule has 0 radical (unpaired) electrons. The van der Waals surface area contributed by atoms with E-state index in [9.17, 15) is 39.9 Å². The molecule has 0 bridgehead atoms. The number of hydrogen-bond donors (Lipinski definition) is 6. The average Bonchev–Trinajstić information content (AvgIpc) is 2.96. The highest BCUT2D eigenvalue weighted by Gasteiger charge is 2.50. The summed E-state index contributed by atoms with van der Waals surface area (Å²) in [7, 11) is 1.34. The maximum absolute atomic E-state index is 13.8. The fourth-order valence-electron chi connectivity index (χ4n) is 6.76. The van der Waals surface area contributed by atoms with Crippen LogP contribution in [-0.2, 0) is 20.7 Å². The van der Waals surface area contributed by atoms with Crippen LogP contribution >= 0.6 is 0 Å². The van der Waals surface area contributed by atoms with E-state index >= 15 is 0 Å². The molecule has 2 aromatic carbocycles. The van der Waals surface area contributed by atoms with Crippen LogP contribution in [0.5, 0.6) is 17.2 Å². The predicted octanol–water partition coefficient (Wildman–Crippen LogP) is 1.18. The van der Waals surface area contributed by atoms with Crippen LogP contribution < -0.4 is 10.1 Å². The number of nitrogens with one attached hydrogen (secondary N) is 1. The number of phenolic OH excluding ortho intramolecular Hbond substituents is 2. The van der Waals surface area contributed by atoms with Crippen LogP contribution in [0.3, 0.4) is 0 Å². The number of ketones is 3. The van der Waals surface area contributed by atoms with E-state index in [0.717, 1.165) is 19.3 Å². The number of aliphatic hydroxyl groups excluding tert-OH is 2. The van der Waals surface area contributed by atoms with Gasteiger partial charge in [-0.2, -0.15) is 0 Å². The fourth-order valence-corrected chi connectivity index (χ4v) is 6.76. The highest BCUT2D eigenvalue weighted by atomic mass is 16.7. The van der Waals surface area contributed by atoms with Crippen LogP contribution in [0.2, 0.25) is 0 Å². The second-order valence-electron chi connectivity index (χ2n) is 11.9. The minimum atomic E-state index is -2.23. The minimum absolute atomic E-state index is 0.0371. The third kappa shape index (κ3) is 4.73. The van der Waals surface area contributed by atoms with E-state index < -0.39 is 89.6 Å². The van der Waals surface area contributed by atoms with Gasteiger partial charge in [0.25, 0.3) is 0 Å². The first-order valence-corrected chi connectivity index (χ1v) is 14.5. The Morgan fingerprint density at radius 2 is 1.84 bits per heavy atom. The van der Waals surface area contributed by atoms with E-state index in [2.05, 4.69) is 5.32 Å². The first kappa shape index (κ1) is 29.7.